The van der Waals surface area contributed by atoms with Gasteiger partial charge in [0.1, 0.15) is 0 Å². The fourth-order valence-electron chi connectivity index (χ4n) is 3.16. The summed E-state index contributed by atoms with van der Waals surface area (Å²) in [6.07, 6.45) is 0. The first-order chi connectivity index (χ1) is 12.7. The average Bonchev–Trinajstić information content (AvgIpc) is 3.29. The molecule has 2 aromatic carbocycles. The van der Waals surface area contributed by atoms with Gasteiger partial charge in [0.15, 0.2) is 23.3 Å². The van der Waals surface area contributed by atoms with Crippen molar-refractivity contribution in [3.8, 4) is 17.5 Å². The van der Waals surface area contributed by atoms with E-state index in [1.165, 1.54) is 0 Å². The van der Waals surface area contributed by atoms with Gasteiger partial charge in [0, 0.05) is 18.2 Å². The normalized spacial score (nSPS) is 13.8. The van der Waals surface area contributed by atoms with Gasteiger partial charge in [0.05, 0.1) is 19.3 Å². The number of carbonyl (C=O) groups excluding carboxylic acids is 1. The summed E-state index contributed by atoms with van der Waals surface area (Å²) >= 11 is 0. The highest BCUT2D eigenvalue weighted by atomic mass is 16.5. The summed E-state index contributed by atoms with van der Waals surface area (Å²) in [5.74, 6) is -0.327. The Morgan fingerprint density at radius 3 is 2.69 bits per heavy atom. The van der Waals surface area contributed by atoms with Gasteiger partial charge >= 0.3 is 0 Å². The van der Waals surface area contributed by atoms with Crippen LogP contribution in [0.2, 0.25) is 0 Å². The van der Waals surface area contributed by atoms with Crippen molar-refractivity contribution in [2.45, 2.75) is 19.1 Å². The summed E-state index contributed by atoms with van der Waals surface area (Å²) in [4.78, 5) is 12.9. The highest BCUT2D eigenvalue weighted by molar-refractivity contribution is 6.02. The Morgan fingerprint density at radius 2 is 1.92 bits per heavy atom. The van der Waals surface area contributed by atoms with Crippen LogP contribution in [0.15, 0.2) is 48.5 Å². The molecule has 1 unspecified atom stereocenters. The Morgan fingerprint density at radius 1 is 1.15 bits per heavy atom. The predicted molar refractivity (Wildman–Crippen MR) is 94.1 cm³/mol. The minimum atomic E-state index is -1.01. The van der Waals surface area contributed by atoms with Crippen LogP contribution in [0.25, 0.3) is 11.4 Å². The van der Waals surface area contributed by atoms with Crippen LogP contribution in [0, 0.1) is 11.3 Å². The van der Waals surface area contributed by atoms with Gasteiger partial charge in [-0.05, 0) is 17.2 Å². The summed E-state index contributed by atoms with van der Waals surface area (Å²) in [6, 6.07) is 17.1. The molecule has 0 radical (unpaired) electrons. The summed E-state index contributed by atoms with van der Waals surface area (Å²) in [5, 5.41) is 17.9. The Labute approximate surface area is 150 Å². The zero-order chi connectivity index (χ0) is 18.1. The van der Waals surface area contributed by atoms with Crippen molar-refractivity contribution in [3.63, 3.8) is 0 Å². The molecule has 1 aromatic heterocycles. The Balaban J connectivity index is 1.69. The molecule has 0 bridgehead atoms. The van der Waals surface area contributed by atoms with Crippen LogP contribution in [0.5, 0.6) is 0 Å². The van der Waals surface area contributed by atoms with E-state index in [1.807, 2.05) is 42.5 Å². The number of rotatable bonds is 4. The number of hydrogen-bond donors (Lipinski definition) is 0. The molecule has 2 heterocycles. The number of benzene rings is 2. The molecular weight excluding hydrogens is 328 g/mol. The zero-order valence-corrected chi connectivity index (χ0v) is 14.2. The van der Waals surface area contributed by atoms with Crippen LogP contribution in [0.1, 0.15) is 33.2 Å². The lowest BCUT2D eigenvalue weighted by Gasteiger charge is -2.10. The van der Waals surface area contributed by atoms with Crippen molar-refractivity contribution in [1.29, 1.82) is 5.26 Å². The molecule has 6 heteroatoms. The molecule has 0 saturated carbocycles. The molecule has 128 valence electrons. The SMILES string of the molecule is Cn1c(-c2ccccc2)nnc1C(C#N)C(=O)c1ccc2c(c1)COC2. The molecule has 0 aliphatic carbocycles. The second-order valence-corrected chi connectivity index (χ2v) is 6.21. The first-order valence-electron chi connectivity index (χ1n) is 8.27. The number of nitrogens with zero attached hydrogens (tertiary/aromatic N) is 4. The maximum absolute atomic E-state index is 12.9. The lowest BCUT2D eigenvalue weighted by molar-refractivity contribution is 0.0975. The van der Waals surface area contributed by atoms with Gasteiger partial charge in [-0.3, -0.25) is 4.79 Å². The number of nitriles is 1. The van der Waals surface area contributed by atoms with E-state index in [1.54, 1.807) is 17.7 Å². The van der Waals surface area contributed by atoms with Gasteiger partial charge in [-0.2, -0.15) is 5.26 Å². The monoisotopic (exact) mass is 344 g/mol. The second kappa shape index (κ2) is 6.54. The smallest absolute Gasteiger partial charge is 0.187 e. The standard InChI is InChI=1S/C20H16N4O2/c1-24-19(13-5-3-2-4-6-13)22-23-20(24)17(10-21)18(25)14-7-8-15-11-26-12-16(15)9-14/h2-9,17H,11-12H2,1H3. The third-order valence-corrected chi connectivity index (χ3v) is 4.60. The van der Waals surface area contributed by atoms with Crippen molar-refractivity contribution in [1.82, 2.24) is 14.8 Å². The van der Waals surface area contributed by atoms with Crippen molar-refractivity contribution in [2.24, 2.45) is 7.05 Å². The maximum Gasteiger partial charge on any atom is 0.187 e. The lowest BCUT2D eigenvalue weighted by atomic mass is 9.95. The summed E-state index contributed by atoms with van der Waals surface area (Å²) in [7, 11) is 1.77. The first-order valence-corrected chi connectivity index (χ1v) is 8.27. The number of fused-ring (bicyclic) bond motifs is 1. The minimum absolute atomic E-state index is 0.280. The van der Waals surface area contributed by atoms with Gasteiger partial charge in [0.25, 0.3) is 0 Å². The van der Waals surface area contributed by atoms with Crippen molar-refractivity contribution in [3.05, 3.63) is 71.0 Å². The van der Waals surface area contributed by atoms with Gasteiger partial charge in [-0.1, -0.05) is 42.5 Å². The van der Waals surface area contributed by atoms with E-state index < -0.39 is 5.92 Å². The van der Waals surface area contributed by atoms with Crippen molar-refractivity contribution in [2.75, 3.05) is 0 Å². The van der Waals surface area contributed by atoms with Crippen LogP contribution >= 0.6 is 0 Å². The van der Waals surface area contributed by atoms with Crippen LogP contribution < -0.4 is 0 Å². The molecule has 1 aliphatic heterocycles. The average molecular weight is 344 g/mol. The van der Waals surface area contributed by atoms with Crippen LogP contribution in [-0.2, 0) is 25.0 Å². The van der Waals surface area contributed by atoms with E-state index in [0.717, 1.165) is 16.7 Å². The molecule has 4 rings (SSSR count). The summed E-state index contributed by atoms with van der Waals surface area (Å²) < 4.78 is 7.10. The number of hydrogen-bond acceptors (Lipinski definition) is 5. The molecule has 6 nitrogen and oxygen atoms in total. The van der Waals surface area contributed by atoms with Crippen LogP contribution in [0.3, 0.4) is 0 Å². The predicted octanol–water partition coefficient (Wildman–Crippen LogP) is 3.00. The molecule has 26 heavy (non-hydrogen) atoms. The fraction of sp³-hybridized carbons (Fsp3) is 0.200. The van der Waals surface area contributed by atoms with Gasteiger partial charge < -0.3 is 9.30 Å². The second-order valence-electron chi connectivity index (χ2n) is 6.21. The molecule has 0 saturated heterocycles. The molecule has 0 fully saturated rings. The lowest BCUT2D eigenvalue weighted by Crippen LogP contribution is -2.16. The number of Topliss-reactive ketones (excluding diaryl/α,β-unsaturated/α-hetero) is 1. The molecule has 0 spiro atoms. The zero-order valence-electron chi connectivity index (χ0n) is 14.2. The van der Waals surface area contributed by atoms with E-state index in [9.17, 15) is 10.1 Å². The quantitative estimate of drug-likeness (QED) is 0.680. The highest BCUT2D eigenvalue weighted by Gasteiger charge is 2.28. The van der Waals surface area contributed by atoms with Gasteiger partial charge in [-0.25, -0.2) is 0 Å². The van der Waals surface area contributed by atoms with Crippen molar-refractivity contribution >= 4 is 5.78 Å². The minimum Gasteiger partial charge on any atom is -0.372 e. The van der Waals surface area contributed by atoms with Crippen LogP contribution in [-0.4, -0.2) is 20.5 Å². The summed E-state index contributed by atoms with van der Waals surface area (Å²) in [6.45, 7) is 1.06. The van der Waals surface area contributed by atoms with E-state index >= 15 is 0 Å². The maximum atomic E-state index is 12.9. The van der Waals surface area contributed by atoms with E-state index in [-0.39, 0.29) is 5.78 Å². The third-order valence-electron chi connectivity index (χ3n) is 4.60. The number of ether oxygens (including phenoxy) is 1. The number of aromatic nitrogens is 3. The van der Waals surface area contributed by atoms with E-state index in [2.05, 4.69) is 16.3 Å². The van der Waals surface area contributed by atoms with Gasteiger partial charge in [0.2, 0.25) is 0 Å². The van der Waals surface area contributed by atoms with Crippen LogP contribution in [0.4, 0.5) is 0 Å². The van der Waals surface area contributed by atoms with Gasteiger partial charge in [-0.15, -0.1) is 10.2 Å². The molecule has 1 aliphatic rings. The summed E-state index contributed by atoms with van der Waals surface area (Å²) in [5.41, 5.74) is 3.45. The van der Waals surface area contributed by atoms with Crippen molar-refractivity contribution < 1.29 is 9.53 Å². The molecule has 3 aromatic rings. The molecular formula is C20H16N4O2. The largest absolute Gasteiger partial charge is 0.372 e. The Kier molecular flexibility index (Phi) is 4.07. The highest BCUT2D eigenvalue weighted by Crippen LogP contribution is 2.26. The third kappa shape index (κ3) is 2.68. The van der Waals surface area contributed by atoms with E-state index in [4.69, 9.17) is 4.74 Å². The topological polar surface area (TPSA) is 80.8 Å². The number of carbonyl (C=O) groups is 1. The first kappa shape index (κ1) is 16.2. The van der Waals surface area contributed by atoms with E-state index in [0.29, 0.717) is 30.4 Å². The molecule has 1 atom stereocenters. The fourth-order valence-corrected chi connectivity index (χ4v) is 3.16. The molecule has 0 N–H and O–H groups in total. The Hall–Kier alpha value is -3.30. The molecule has 0 amide bonds. The Bertz CT molecular complexity index is 1020. The number of ketones is 1.